The van der Waals surface area contributed by atoms with Gasteiger partial charge in [0.1, 0.15) is 19.9 Å². The molecule has 2 fully saturated rings. The quantitative estimate of drug-likeness (QED) is 0.475. The van der Waals surface area contributed by atoms with Crippen molar-refractivity contribution < 1.29 is 14.1 Å². The third-order valence-electron chi connectivity index (χ3n) is 7.74. The number of nitrogens with zero attached hydrogens (tertiary/aromatic N) is 3. The van der Waals surface area contributed by atoms with Crippen LogP contribution in [-0.2, 0) is 11.2 Å². The van der Waals surface area contributed by atoms with E-state index in [9.17, 15) is 4.79 Å². The van der Waals surface area contributed by atoms with Crippen LogP contribution in [0.15, 0.2) is 22.7 Å². The summed E-state index contributed by atoms with van der Waals surface area (Å²) in [6.07, 6.45) is 5.45. The molecule has 2 unspecified atom stereocenters. The topological polar surface area (TPSA) is 94.5 Å². The van der Waals surface area contributed by atoms with Crippen LogP contribution in [0, 0.1) is 12.8 Å². The maximum Gasteiger partial charge on any atom is 0.324 e. The van der Waals surface area contributed by atoms with Crippen LogP contribution in [0.5, 0.6) is 5.75 Å². The number of aldehydes is 1. The van der Waals surface area contributed by atoms with Crippen LogP contribution in [0.3, 0.4) is 0 Å². The smallest absolute Gasteiger partial charge is 0.324 e. The van der Waals surface area contributed by atoms with Gasteiger partial charge in [-0.2, -0.15) is 4.98 Å². The van der Waals surface area contributed by atoms with Gasteiger partial charge < -0.3 is 24.7 Å². The number of aromatic nitrogens is 2. The highest BCUT2D eigenvalue weighted by atomic mass is 16.5. The zero-order valence-electron chi connectivity index (χ0n) is 19.8. The second-order valence-corrected chi connectivity index (χ2v) is 10.2. The Balaban J connectivity index is 1.27. The predicted molar refractivity (Wildman–Crippen MR) is 127 cm³/mol. The van der Waals surface area contributed by atoms with Crippen molar-refractivity contribution in [1.29, 1.82) is 0 Å². The number of carbonyl (C=O) groups excluding carboxylic acids is 1. The number of rotatable bonds is 9. The summed E-state index contributed by atoms with van der Waals surface area (Å²) < 4.78 is 11.5. The first kappa shape index (κ1) is 22.8. The summed E-state index contributed by atoms with van der Waals surface area (Å²) >= 11 is 0. The molecule has 1 saturated carbocycles. The minimum Gasteiger partial charge on any atom is -0.494 e. The molecule has 8 heteroatoms. The van der Waals surface area contributed by atoms with Gasteiger partial charge in [-0.15, -0.1) is 0 Å². The average Bonchev–Trinajstić information content (AvgIpc) is 3.11. The Kier molecular flexibility index (Phi) is 6.34. The Labute approximate surface area is 191 Å². The number of nitrogens with two attached hydrogens (primary N) is 1. The van der Waals surface area contributed by atoms with Gasteiger partial charge in [-0.3, -0.25) is 0 Å². The molecule has 2 N–H and O–H groups in total. The van der Waals surface area contributed by atoms with Crippen molar-refractivity contribution in [3.63, 3.8) is 0 Å². The lowest BCUT2D eigenvalue weighted by molar-refractivity contribution is -0.107. The maximum absolute atomic E-state index is 10.7. The van der Waals surface area contributed by atoms with Gasteiger partial charge in [0.25, 0.3) is 0 Å². The van der Waals surface area contributed by atoms with E-state index < -0.39 is 0 Å². The summed E-state index contributed by atoms with van der Waals surface area (Å²) in [5.74, 6) is 2.48. The van der Waals surface area contributed by atoms with Crippen LogP contribution < -0.4 is 15.4 Å². The number of aryl methyl sites for hydroxylation is 1. The molecule has 0 spiro atoms. The van der Waals surface area contributed by atoms with Gasteiger partial charge in [0, 0.05) is 31.0 Å². The van der Waals surface area contributed by atoms with E-state index >= 15 is 0 Å². The minimum absolute atomic E-state index is 0.157. The fourth-order valence-corrected chi connectivity index (χ4v) is 5.26. The average molecular weight is 438 g/mol. The fourth-order valence-electron chi connectivity index (χ4n) is 5.26. The maximum atomic E-state index is 10.7. The van der Waals surface area contributed by atoms with Gasteiger partial charge in [-0.25, -0.2) is 0 Å². The molecular formula is C24H35BN4O3. The predicted octanol–water partition coefficient (Wildman–Crippen LogP) is 2.82. The van der Waals surface area contributed by atoms with Crippen LogP contribution in [0.2, 0.25) is 5.31 Å². The Morgan fingerprint density at radius 1 is 1.38 bits per heavy atom. The normalized spacial score (nSPS) is 25.8. The van der Waals surface area contributed by atoms with Crippen molar-refractivity contribution in [2.45, 2.75) is 69.6 Å². The Bertz CT molecular complexity index is 956. The van der Waals surface area contributed by atoms with Crippen molar-refractivity contribution in [3.8, 4) is 5.75 Å². The van der Waals surface area contributed by atoms with E-state index in [1.54, 1.807) is 0 Å². The van der Waals surface area contributed by atoms with Gasteiger partial charge >= 0.3 is 6.01 Å². The highest BCUT2D eigenvalue weighted by Crippen LogP contribution is 2.67. The van der Waals surface area contributed by atoms with Crippen molar-refractivity contribution in [2.24, 2.45) is 11.7 Å². The third-order valence-corrected chi connectivity index (χ3v) is 7.74. The van der Waals surface area contributed by atoms with Crippen molar-refractivity contribution in [1.82, 2.24) is 10.1 Å². The van der Waals surface area contributed by atoms with Crippen LogP contribution in [-0.4, -0.2) is 49.5 Å². The lowest BCUT2D eigenvalue weighted by atomic mass is 9.65. The Hall–Kier alpha value is -2.35. The molecule has 1 saturated heterocycles. The zero-order chi connectivity index (χ0) is 22.9. The summed E-state index contributed by atoms with van der Waals surface area (Å²) in [6, 6.07) is 6.57. The number of benzene rings is 1. The van der Waals surface area contributed by atoms with Crippen LogP contribution in [0.4, 0.5) is 6.01 Å². The van der Waals surface area contributed by atoms with Gasteiger partial charge in [-0.1, -0.05) is 25.1 Å². The number of ether oxygens (including phenoxy) is 1. The largest absolute Gasteiger partial charge is 0.494 e. The fraction of sp³-hybridized carbons (Fsp3) is 0.625. The molecule has 1 aliphatic carbocycles. The Morgan fingerprint density at radius 2 is 2.12 bits per heavy atom. The number of hydrogen-bond acceptors (Lipinski definition) is 7. The number of piperidine rings is 1. The molecule has 2 atom stereocenters. The molecule has 1 aromatic heterocycles. The molecule has 0 bridgehead atoms. The van der Waals surface area contributed by atoms with Crippen LogP contribution in [0.25, 0.3) is 0 Å². The summed E-state index contributed by atoms with van der Waals surface area (Å²) in [6.45, 7) is 8.63. The molecule has 1 aliphatic heterocycles. The van der Waals surface area contributed by atoms with Gasteiger partial charge in [-0.05, 0) is 67.1 Å². The van der Waals surface area contributed by atoms with Gasteiger partial charge in [0.05, 0.1) is 6.61 Å². The van der Waals surface area contributed by atoms with E-state index in [1.165, 1.54) is 0 Å². The van der Waals surface area contributed by atoms with Gasteiger partial charge in [0.15, 0.2) is 5.82 Å². The van der Waals surface area contributed by atoms with Crippen LogP contribution in [0.1, 0.15) is 62.4 Å². The highest BCUT2D eigenvalue weighted by molar-refractivity contribution is 6.19. The standard InChI is InChI=1S/C24H35BN4O3/c1-16(2)21-27-22(32-28-21)29-10-6-19(7-11-29)24(25)15-23(24,26)9-13-31-20-5-4-18(8-12-30)17(3)14-20/h4-5,12,14,16,19H,6-11,13,15,25-26H2,1-3H3. The summed E-state index contributed by atoms with van der Waals surface area (Å²) in [7, 11) is 2.34. The lowest BCUT2D eigenvalue weighted by Gasteiger charge is -2.36. The van der Waals surface area contributed by atoms with Crippen molar-refractivity contribution >= 4 is 20.1 Å². The molecule has 172 valence electrons. The van der Waals surface area contributed by atoms with E-state index in [1.807, 2.05) is 25.1 Å². The summed E-state index contributed by atoms with van der Waals surface area (Å²) in [5.41, 5.74) is 8.79. The molecular weight excluding hydrogens is 403 g/mol. The van der Waals surface area contributed by atoms with Crippen molar-refractivity contribution in [2.75, 3.05) is 24.6 Å². The molecule has 2 heterocycles. The summed E-state index contributed by atoms with van der Waals surface area (Å²) in [5, 5.41) is 4.25. The van der Waals surface area contributed by atoms with Crippen LogP contribution >= 0.6 is 0 Å². The van der Waals surface area contributed by atoms with E-state index in [4.69, 9.17) is 15.0 Å². The number of carbonyl (C=O) groups is 1. The van der Waals surface area contributed by atoms with Gasteiger partial charge in [0.2, 0.25) is 0 Å². The van der Waals surface area contributed by atoms with E-state index in [0.717, 1.165) is 67.8 Å². The molecule has 0 amide bonds. The second-order valence-electron chi connectivity index (χ2n) is 10.2. The Morgan fingerprint density at radius 3 is 2.75 bits per heavy atom. The molecule has 4 rings (SSSR count). The third kappa shape index (κ3) is 4.42. The molecule has 2 aliphatic rings. The number of anilines is 1. The molecule has 2 aromatic rings. The zero-order valence-corrected chi connectivity index (χ0v) is 19.8. The lowest BCUT2D eigenvalue weighted by Crippen LogP contribution is -2.40. The van der Waals surface area contributed by atoms with Crippen molar-refractivity contribution in [3.05, 3.63) is 35.2 Å². The molecule has 1 aromatic carbocycles. The van der Waals surface area contributed by atoms with E-state index in [-0.39, 0.29) is 16.8 Å². The number of hydrogen-bond donors (Lipinski definition) is 1. The van der Waals surface area contributed by atoms with E-state index in [0.29, 0.717) is 25.0 Å². The SMILES string of the molecule is BC1(C2CCN(c3nc(C(C)C)no3)CC2)CC1(N)CCOc1ccc(CC=O)c(C)c1. The summed E-state index contributed by atoms with van der Waals surface area (Å²) in [4.78, 5) is 17.5. The first-order valence-electron chi connectivity index (χ1n) is 11.8. The molecule has 0 radical (unpaired) electrons. The van der Waals surface area contributed by atoms with E-state index in [2.05, 4.69) is 36.7 Å². The second kappa shape index (κ2) is 8.89. The first-order valence-corrected chi connectivity index (χ1v) is 11.8. The molecule has 7 nitrogen and oxygen atoms in total. The first-order chi connectivity index (χ1) is 15.3. The monoisotopic (exact) mass is 438 g/mol. The minimum atomic E-state index is -0.165. The highest BCUT2D eigenvalue weighted by Gasteiger charge is 2.64. The molecule has 32 heavy (non-hydrogen) atoms.